The van der Waals surface area contributed by atoms with Crippen LogP contribution in [0.5, 0.6) is 0 Å². The molecule has 188 valence electrons. The number of para-hydroxylation sites is 1. The smallest absolute Gasteiger partial charge is 0.407 e. The summed E-state index contributed by atoms with van der Waals surface area (Å²) in [5, 5.41) is 16.7. The van der Waals surface area contributed by atoms with Gasteiger partial charge in [-0.1, -0.05) is 78.9 Å². The molecule has 3 aromatic rings. The lowest BCUT2D eigenvalue weighted by molar-refractivity contribution is -0.122. The van der Waals surface area contributed by atoms with Gasteiger partial charge in [0, 0.05) is 18.8 Å². The van der Waals surface area contributed by atoms with Crippen LogP contribution >= 0.6 is 0 Å². The minimum absolute atomic E-state index is 0.0223. The molecule has 0 unspecified atom stereocenters. The Balaban J connectivity index is 1.35. The van der Waals surface area contributed by atoms with Crippen LogP contribution < -0.4 is 15.5 Å². The van der Waals surface area contributed by atoms with Crippen molar-refractivity contribution in [2.45, 2.75) is 44.1 Å². The van der Waals surface area contributed by atoms with Crippen LogP contribution in [-0.2, 0) is 22.6 Å². The molecule has 36 heavy (non-hydrogen) atoms. The Morgan fingerprint density at radius 1 is 0.917 bits per heavy atom. The number of aliphatic hydroxyl groups excluding tert-OH is 1. The van der Waals surface area contributed by atoms with Crippen LogP contribution in [0.25, 0.3) is 0 Å². The highest BCUT2D eigenvalue weighted by molar-refractivity contribution is 5.85. The van der Waals surface area contributed by atoms with E-state index in [1.807, 2.05) is 91.0 Å². The van der Waals surface area contributed by atoms with Gasteiger partial charge in [-0.2, -0.15) is 0 Å². The largest absolute Gasteiger partial charge is 0.445 e. The SMILES string of the molecule is O=C(N[C@@H](Cc1ccccc1)[C@H](O)CNC(=O)[C@@H]1CCCN1c1ccccc1)OCc1ccccc1. The summed E-state index contributed by atoms with van der Waals surface area (Å²) in [5.41, 5.74) is 2.85. The highest BCUT2D eigenvalue weighted by Crippen LogP contribution is 2.25. The zero-order chi connectivity index (χ0) is 25.2. The molecule has 4 rings (SSSR count). The Morgan fingerprint density at radius 2 is 1.53 bits per heavy atom. The molecule has 1 aliphatic rings. The Kier molecular flexibility index (Phi) is 8.94. The van der Waals surface area contributed by atoms with Crippen LogP contribution in [0.1, 0.15) is 24.0 Å². The van der Waals surface area contributed by atoms with E-state index in [0.29, 0.717) is 6.42 Å². The lowest BCUT2D eigenvalue weighted by Gasteiger charge is -2.28. The highest BCUT2D eigenvalue weighted by Gasteiger charge is 2.31. The van der Waals surface area contributed by atoms with Gasteiger partial charge in [-0.3, -0.25) is 4.79 Å². The number of alkyl carbamates (subject to hydrolysis) is 1. The molecule has 0 aromatic heterocycles. The molecule has 1 heterocycles. The minimum atomic E-state index is -0.995. The Bertz CT molecular complexity index is 1100. The predicted octanol–water partition coefficient (Wildman–Crippen LogP) is 3.67. The number of carbonyl (C=O) groups excluding carboxylic acids is 2. The first-order valence-corrected chi connectivity index (χ1v) is 12.4. The summed E-state index contributed by atoms with van der Waals surface area (Å²) in [6.45, 7) is 0.971. The van der Waals surface area contributed by atoms with Gasteiger partial charge < -0.3 is 25.4 Å². The second-order valence-electron chi connectivity index (χ2n) is 9.00. The lowest BCUT2D eigenvalue weighted by atomic mass is 10.0. The van der Waals surface area contributed by atoms with E-state index >= 15 is 0 Å². The molecule has 7 heteroatoms. The molecular formula is C29H33N3O4. The Hall–Kier alpha value is -3.84. The van der Waals surface area contributed by atoms with E-state index in [1.54, 1.807) is 0 Å². The monoisotopic (exact) mass is 487 g/mol. The minimum Gasteiger partial charge on any atom is -0.445 e. The summed E-state index contributed by atoms with van der Waals surface area (Å²) < 4.78 is 5.36. The fourth-order valence-electron chi connectivity index (χ4n) is 4.50. The number of amides is 2. The van der Waals surface area contributed by atoms with Crippen LogP contribution in [0.3, 0.4) is 0 Å². The zero-order valence-corrected chi connectivity index (χ0v) is 20.3. The number of nitrogens with one attached hydrogen (secondary N) is 2. The molecule has 0 aliphatic carbocycles. The van der Waals surface area contributed by atoms with Crippen molar-refractivity contribution in [3.8, 4) is 0 Å². The van der Waals surface area contributed by atoms with Gasteiger partial charge in [-0.25, -0.2) is 4.79 Å². The maximum absolute atomic E-state index is 13.0. The molecule has 1 saturated heterocycles. The highest BCUT2D eigenvalue weighted by atomic mass is 16.5. The van der Waals surface area contributed by atoms with Crippen molar-refractivity contribution in [1.29, 1.82) is 0 Å². The third kappa shape index (κ3) is 7.09. The van der Waals surface area contributed by atoms with Crippen LogP contribution in [-0.4, -0.2) is 48.4 Å². The summed E-state index contributed by atoms with van der Waals surface area (Å²) in [5.74, 6) is -0.125. The number of hydrogen-bond donors (Lipinski definition) is 3. The first-order chi connectivity index (χ1) is 17.6. The molecular weight excluding hydrogens is 454 g/mol. The van der Waals surface area contributed by atoms with Gasteiger partial charge in [0.1, 0.15) is 12.6 Å². The summed E-state index contributed by atoms with van der Waals surface area (Å²) in [7, 11) is 0. The summed E-state index contributed by atoms with van der Waals surface area (Å²) in [6, 6.07) is 28.0. The van der Waals surface area contributed by atoms with Crippen molar-refractivity contribution >= 4 is 17.7 Å². The van der Waals surface area contributed by atoms with Gasteiger partial charge in [0.2, 0.25) is 5.91 Å². The van der Waals surface area contributed by atoms with Crippen molar-refractivity contribution in [2.24, 2.45) is 0 Å². The van der Waals surface area contributed by atoms with Gasteiger partial charge in [0.15, 0.2) is 0 Å². The molecule has 1 aliphatic heterocycles. The van der Waals surface area contributed by atoms with Crippen LogP contribution in [0, 0.1) is 0 Å². The first kappa shape index (κ1) is 25.3. The molecule has 0 radical (unpaired) electrons. The van der Waals surface area contributed by atoms with Crippen molar-refractivity contribution in [1.82, 2.24) is 10.6 Å². The van der Waals surface area contributed by atoms with Gasteiger partial charge in [-0.05, 0) is 42.5 Å². The van der Waals surface area contributed by atoms with E-state index in [-0.39, 0.29) is 25.1 Å². The fraction of sp³-hybridized carbons (Fsp3) is 0.310. The van der Waals surface area contributed by atoms with Crippen LogP contribution in [0.4, 0.5) is 10.5 Å². The second kappa shape index (κ2) is 12.7. The Labute approximate surface area is 212 Å². The van der Waals surface area contributed by atoms with E-state index in [4.69, 9.17) is 4.74 Å². The van der Waals surface area contributed by atoms with Gasteiger partial charge >= 0.3 is 6.09 Å². The Morgan fingerprint density at radius 3 is 2.19 bits per heavy atom. The lowest BCUT2D eigenvalue weighted by Crippen LogP contribution is -2.52. The topological polar surface area (TPSA) is 90.9 Å². The third-order valence-electron chi connectivity index (χ3n) is 6.41. The van der Waals surface area contributed by atoms with Crippen molar-refractivity contribution in [3.63, 3.8) is 0 Å². The standard InChI is InChI=1S/C29H33N3O4/c33-27(20-30-28(34)26-17-10-18-32(26)24-15-8-3-9-16-24)25(19-22-11-4-1-5-12-22)31-29(35)36-21-23-13-6-2-7-14-23/h1-9,11-16,25-27,33H,10,17-21H2,(H,30,34)(H,31,35)/t25-,26-,27+/m0/s1. The first-order valence-electron chi connectivity index (χ1n) is 12.4. The normalized spacial score (nSPS) is 16.7. The van der Waals surface area contributed by atoms with E-state index in [0.717, 1.165) is 36.2 Å². The molecule has 2 amide bonds. The average molecular weight is 488 g/mol. The maximum Gasteiger partial charge on any atom is 0.407 e. The van der Waals surface area contributed by atoms with Gasteiger partial charge in [-0.15, -0.1) is 0 Å². The maximum atomic E-state index is 13.0. The van der Waals surface area contributed by atoms with Gasteiger partial charge in [0.05, 0.1) is 12.1 Å². The number of anilines is 1. The van der Waals surface area contributed by atoms with Crippen molar-refractivity contribution in [2.75, 3.05) is 18.0 Å². The number of nitrogens with zero attached hydrogens (tertiary/aromatic N) is 1. The number of hydrogen-bond acceptors (Lipinski definition) is 5. The predicted molar refractivity (Wildman–Crippen MR) is 140 cm³/mol. The molecule has 0 bridgehead atoms. The number of aliphatic hydroxyl groups is 1. The zero-order valence-electron chi connectivity index (χ0n) is 20.3. The number of carbonyl (C=O) groups is 2. The molecule has 3 aromatic carbocycles. The molecule has 0 saturated carbocycles. The van der Waals surface area contributed by atoms with E-state index in [2.05, 4.69) is 15.5 Å². The summed E-state index contributed by atoms with van der Waals surface area (Å²) in [6.07, 6.45) is 0.480. The second-order valence-corrected chi connectivity index (χ2v) is 9.00. The quantitative estimate of drug-likeness (QED) is 0.406. The van der Waals surface area contributed by atoms with Crippen molar-refractivity contribution in [3.05, 3.63) is 102 Å². The third-order valence-corrected chi connectivity index (χ3v) is 6.41. The van der Waals surface area contributed by atoms with Crippen LogP contribution in [0.15, 0.2) is 91.0 Å². The number of benzene rings is 3. The van der Waals surface area contributed by atoms with Crippen LogP contribution in [0.2, 0.25) is 0 Å². The average Bonchev–Trinajstić information content (AvgIpc) is 3.42. The molecule has 7 nitrogen and oxygen atoms in total. The molecule has 1 fully saturated rings. The molecule has 0 spiro atoms. The van der Waals surface area contributed by atoms with E-state index < -0.39 is 18.2 Å². The van der Waals surface area contributed by atoms with Crippen molar-refractivity contribution < 1.29 is 19.4 Å². The number of ether oxygens (including phenoxy) is 1. The summed E-state index contributed by atoms with van der Waals surface area (Å²) in [4.78, 5) is 27.6. The molecule has 3 atom stereocenters. The van der Waals surface area contributed by atoms with E-state index in [1.165, 1.54) is 0 Å². The molecule has 3 N–H and O–H groups in total. The summed E-state index contributed by atoms with van der Waals surface area (Å²) >= 11 is 0. The number of rotatable bonds is 10. The van der Waals surface area contributed by atoms with Gasteiger partial charge in [0.25, 0.3) is 0 Å². The fourth-order valence-corrected chi connectivity index (χ4v) is 4.50. The van der Waals surface area contributed by atoms with E-state index in [9.17, 15) is 14.7 Å².